The molecule has 5 nitrogen and oxygen atoms in total. The summed E-state index contributed by atoms with van der Waals surface area (Å²) in [6.07, 6.45) is 0.945. The van der Waals surface area contributed by atoms with Crippen LogP contribution in [-0.4, -0.2) is 55.5 Å². The van der Waals surface area contributed by atoms with Crippen LogP contribution >= 0.6 is 0 Å². The summed E-state index contributed by atoms with van der Waals surface area (Å²) < 4.78 is 0. The predicted molar refractivity (Wildman–Crippen MR) is 85.8 cm³/mol. The largest absolute Gasteiger partial charge is 0.349 e. The molecule has 1 atom stereocenters. The summed E-state index contributed by atoms with van der Waals surface area (Å²) in [7, 11) is 0. The van der Waals surface area contributed by atoms with E-state index in [1.54, 1.807) is 0 Å². The fourth-order valence-electron chi connectivity index (χ4n) is 2.62. The lowest BCUT2D eigenvalue weighted by Gasteiger charge is -2.32. The molecule has 1 fully saturated rings. The molecule has 1 saturated heterocycles. The fourth-order valence-corrected chi connectivity index (χ4v) is 2.62. The lowest BCUT2D eigenvalue weighted by molar-refractivity contribution is -0.896. The smallest absolute Gasteiger partial charge is 0.275 e. The monoisotopic (exact) mass is 304 g/mol. The van der Waals surface area contributed by atoms with Gasteiger partial charge in [0.1, 0.15) is 0 Å². The van der Waals surface area contributed by atoms with Crippen molar-refractivity contribution in [1.82, 2.24) is 10.2 Å². The van der Waals surface area contributed by atoms with Gasteiger partial charge in [-0.3, -0.25) is 9.59 Å². The van der Waals surface area contributed by atoms with Gasteiger partial charge >= 0.3 is 0 Å². The Hall–Kier alpha value is -1.88. The Bertz CT molecular complexity index is 496. The molecule has 1 aromatic carbocycles. The van der Waals surface area contributed by atoms with Gasteiger partial charge in [0.15, 0.2) is 6.54 Å². The Kier molecular flexibility index (Phi) is 5.95. The van der Waals surface area contributed by atoms with Crippen LogP contribution in [0.2, 0.25) is 0 Å². The first kappa shape index (κ1) is 16.5. The van der Waals surface area contributed by atoms with Crippen molar-refractivity contribution in [2.75, 3.05) is 32.7 Å². The van der Waals surface area contributed by atoms with Crippen LogP contribution in [-0.2, 0) is 4.79 Å². The van der Waals surface area contributed by atoms with Gasteiger partial charge in [-0.05, 0) is 25.5 Å². The van der Waals surface area contributed by atoms with E-state index in [0.29, 0.717) is 19.6 Å². The second-order valence-electron chi connectivity index (χ2n) is 5.96. The summed E-state index contributed by atoms with van der Waals surface area (Å²) in [6.45, 7) is 7.64. The van der Waals surface area contributed by atoms with E-state index in [-0.39, 0.29) is 17.9 Å². The van der Waals surface area contributed by atoms with E-state index in [2.05, 4.69) is 12.2 Å². The first-order valence-electron chi connectivity index (χ1n) is 8.07. The lowest BCUT2D eigenvalue weighted by atomic mass is 10.2. The molecule has 0 spiro atoms. The van der Waals surface area contributed by atoms with E-state index >= 15 is 0 Å². The van der Waals surface area contributed by atoms with Crippen molar-refractivity contribution in [1.29, 1.82) is 0 Å². The van der Waals surface area contributed by atoms with Crippen LogP contribution in [0.1, 0.15) is 30.6 Å². The molecule has 0 aliphatic carbocycles. The molecule has 0 aromatic heterocycles. The average molecular weight is 304 g/mol. The van der Waals surface area contributed by atoms with Gasteiger partial charge in [-0.25, -0.2) is 0 Å². The molecule has 0 unspecified atom stereocenters. The van der Waals surface area contributed by atoms with Gasteiger partial charge in [-0.15, -0.1) is 0 Å². The third-order valence-electron chi connectivity index (χ3n) is 4.21. The Labute approximate surface area is 132 Å². The molecule has 0 saturated carbocycles. The van der Waals surface area contributed by atoms with Crippen molar-refractivity contribution in [3.8, 4) is 0 Å². The van der Waals surface area contributed by atoms with Crippen LogP contribution in [0.15, 0.2) is 30.3 Å². The number of nitrogens with zero attached hydrogens (tertiary/aromatic N) is 1. The number of amides is 2. The van der Waals surface area contributed by atoms with E-state index in [9.17, 15) is 9.59 Å². The highest BCUT2D eigenvalue weighted by Gasteiger charge is 2.25. The highest BCUT2D eigenvalue weighted by molar-refractivity contribution is 5.94. The third kappa shape index (κ3) is 4.56. The zero-order chi connectivity index (χ0) is 15.9. The number of carbonyl (C=O) groups is 2. The zero-order valence-electron chi connectivity index (χ0n) is 13.5. The molecule has 0 bridgehead atoms. The second-order valence-corrected chi connectivity index (χ2v) is 5.96. The molecule has 1 aliphatic rings. The predicted octanol–water partition coefficient (Wildman–Crippen LogP) is -0.0580. The molecule has 120 valence electrons. The van der Waals surface area contributed by atoms with Gasteiger partial charge < -0.3 is 15.1 Å². The van der Waals surface area contributed by atoms with Crippen molar-refractivity contribution < 1.29 is 14.5 Å². The average Bonchev–Trinajstić information content (AvgIpc) is 2.55. The molecule has 2 rings (SSSR count). The van der Waals surface area contributed by atoms with Crippen molar-refractivity contribution >= 4 is 11.8 Å². The summed E-state index contributed by atoms with van der Waals surface area (Å²) in [6, 6.07) is 9.60. The number of hydrogen-bond acceptors (Lipinski definition) is 2. The van der Waals surface area contributed by atoms with Crippen LogP contribution in [0.5, 0.6) is 0 Å². The second kappa shape index (κ2) is 7.94. The quantitative estimate of drug-likeness (QED) is 0.801. The standard InChI is InChI=1S/C17H25N3O2/c1-3-14(2)18-16(21)13-19-9-11-20(12-10-19)17(22)15-7-5-4-6-8-15/h4-8,14H,3,9-13H2,1-2H3,(H,18,21)/p+1/t14-/m1/s1. The van der Waals surface area contributed by atoms with E-state index < -0.39 is 0 Å². The Balaban J connectivity index is 1.78. The van der Waals surface area contributed by atoms with Crippen molar-refractivity contribution in [2.45, 2.75) is 26.3 Å². The van der Waals surface area contributed by atoms with E-state index in [4.69, 9.17) is 0 Å². The van der Waals surface area contributed by atoms with E-state index in [1.807, 2.05) is 42.2 Å². The maximum atomic E-state index is 12.4. The number of nitrogens with one attached hydrogen (secondary N) is 2. The Morgan fingerprint density at radius 1 is 1.23 bits per heavy atom. The summed E-state index contributed by atoms with van der Waals surface area (Å²) in [5, 5.41) is 3.00. The highest BCUT2D eigenvalue weighted by atomic mass is 16.2. The zero-order valence-corrected chi connectivity index (χ0v) is 13.5. The minimum atomic E-state index is 0.0868. The summed E-state index contributed by atoms with van der Waals surface area (Å²) >= 11 is 0. The number of piperazine rings is 1. The minimum Gasteiger partial charge on any atom is -0.349 e. The summed E-state index contributed by atoms with van der Waals surface area (Å²) in [5.74, 6) is 0.191. The highest BCUT2D eigenvalue weighted by Crippen LogP contribution is 2.04. The van der Waals surface area contributed by atoms with E-state index in [0.717, 1.165) is 25.1 Å². The molecule has 2 amide bonds. The normalized spacial score (nSPS) is 17.1. The lowest BCUT2D eigenvalue weighted by Crippen LogP contribution is -3.15. The van der Waals surface area contributed by atoms with Gasteiger partial charge in [0.2, 0.25) is 0 Å². The van der Waals surface area contributed by atoms with Gasteiger partial charge in [0.05, 0.1) is 26.2 Å². The van der Waals surface area contributed by atoms with Crippen LogP contribution in [0, 0.1) is 0 Å². The summed E-state index contributed by atoms with van der Waals surface area (Å²) in [5.41, 5.74) is 0.737. The molecule has 22 heavy (non-hydrogen) atoms. The number of quaternary nitrogens is 1. The Morgan fingerprint density at radius 3 is 2.45 bits per heavy atom. The van der Waals surface area contributed by atoms with E-state index in [1.165, 1.54) is 4.90 Å². The molecule has 1 heterocycles. The van der Waals surface area contributed by atoms with Gasteiger partial charge in [-0.1, -0.05) is 25.1 Å². The molecule has 1 aromatic rings. The van der Waals surface area contributed by atoms with Gasteiger partial charge in [0.25, 0.3) is 11.8 Å². The molecule has 2 N–H and O–H groups in total. The molecule has 0 radical (unpaired) electrons. The molecule has 1 aliphatic heterocycles. The van der Waals surface area contributed by atoms with Crippen LogP contribution in [0.4, 0.5) is 0 Å². The first-order valence-corrected chi connectivity index (χ1v) is 8.07. The Morgan fingerprint density at radius 2 is 1.86 bits per heavy atom. The fraction of sp³-hybridized carbons (Fsp3) is 0.529. The van der Waals surface area contributed by atoms with Gasteiger partial charge in [0, 0.05) is 11.6 Å². The van der Waals surface area contributed by atoms with Crippen molar-refractivity contribution in [3.63, 3.8) is 0 Å². The number of benzene rings is 1. The van der Waals surface area contributed by atoms with Crippen LogP contribution in [0.25, 0.3) is 0 Å². The molecule has 5 heteroatoms. The maximum Gasteiger partial charge on any atom is 0.275 e. The van der Waals surface area contributed by atoms with Crippen LogP contribution in [0.3, 0.4) is 0 Å². The minimum absolute atomic E-state index is 0.0868. The molecular weight excluding hydrogens is 278 g/mol. The first-order chi connectivity index (χ1) is 10.6. The summed E-state index contributed by atoms with van der Waals surface area (Å²) in [4.78, 5) is 27.4. The van der Waals surface area contributed by atoms with Gasteiger partial charge in [-0.2, -0.15) is 0 Å². The SMILES string of the molecule is CC[C@@H](C)NC(=O)C[NH+]1CCN(C(=O)c2ccccc2)CC1. The number of rotatable bonds is 5. The van der Waals surface area contributed by atoms with Crippen molar-refractivity contribution in [2.24, 2.45) is 0 Å². The topological polar surface area (TPSA) is 53.9 Å². The third-order valence-corrected chi connectivity index (χ3v) is 4.21. The number of hydrogen-bond donors (Lipinski definition) is 2. The van der Waals surface area contributed by atoms with Crippen LogP contribution < -0.4 is 10.2 Å². The molecular formula is C17H26N3O2+. The number of carbonyl (C=O) groups excluding carboxylic acids is 2. The maximum absolute atomic E-state index is 12.4. The van der Waals surface area contributed by atoms with Crippen molar-refractivity contribution in [3.05, 3.63) is 35.9 Å².